The van der Waals surface area contributed by atoms with Gasteiger partial charge in [0.05, 0.1) is 12.5 Å². The van der Waals surface area contributed by atoms with Gasteiger partial charge in [0.25, 0.3) is 0 Å². The minimum Gasteiger partial charge on any atom is -0.370 e. The van der Waals surface area contributed by atoms with E-state index >= 15 is 0 Å². The second-order valence-electron chi connectivity index (χ2n) is 4.02. The Morgan fingerprint density at radius 3 is 2.13 bits per heavy atom. The van der Waals surface area contributed by atoms with Gasteiger partial charge in [-0.3, -0.25) is 9.59 Å². The third-order valence-corrected chi connectivity index (χ3v) is 2.66. The Labute approximate surface area is 89.8 Å². The molecule has 1 unspecified atom stereocenters. The van der Waals surface area contributed by atoms with Gasteiger partial charge < -0.3 is 16.4 Å². The summed E-state index contributed by atoms with van der Waals surface area (Å²) in [6, 6.07) is -0.763. The van der Waals surface area contributed by atoms with Crippen LogP contribution in [0.1, 0.15) is 32.1 Å². The van der Waals surface area contributed by atoms with E-state index < -0.39 is 11.9 Å². The molecule has 0 bridgehead atoms. The smallest absolute Gasteiger partial charge is 0.240 e. The lowest BCUT2D eigenvalue weighted by Gasteiger charge is -2.23. The highest BCUT2D eigenvalue weighted by molar-refractivity contribution is 5.87. The van der Waals surface area contributed by atoms with Crippen LogP contribution in [0.5, 0.6) is 0 Å². The van der Waals surface area contributed by atoms with Crippen molar-refractivity contribution in [2.24, 2.45) is 11.5 Å². The predicted octanol–water partition coefficient (Wildman–Crippen LogP) is -0.408. The van der Waals surface area contributed by atoms with Gasteiger partial charge in [0, 0.05) is 13.1 Å². The molecule has 1 rings (SSSR count). The van der Waals surface area contributed by atoms with Gasteiger partial charge in [-0.15, -0.1) is 0 Å². The summed E-state index contributed by atoms with van der Waals surface area (Å²) >= 11 is 0. The molecule has 5 heteroatoms. The Bertz CT molecular complexity index is 235. The summed E-state index contributed by atoms with van der Waals surface area (Å²) in [7, 11) is 0. The highest BCUT2D eigenvalue weighted by Gasteiger charge is 2.22. The fraction of sp³-hybridized carbons (Fsp3) is 0.800. The van der Waals surface area contributed by atoms with Crippen LogP contribution >= 0.6 is 0 Å². The van der Waals surface area contributed by atoms with E-state index in [4.69, 9.17) is 11.5 Å². The van der Waals surface area contributed by atoms with E-state index in [2.05, 4.69) is 0 Å². The van der Waals surface area contributed by atoms with Crippen molar-refractivity contribution in [3.05, 3.63) is 0 Å². The molecule has 0 radical (unpaired) electrons. The second kappa shape index (κ2) is 5.70. The number of nitrogens with zero attached hydrogens (tertiary/aromatic N) is 1. The molecule has 1 aliphatic heterocycles. The monoisotopic (exact) mass is 213 g/mol. The van der Waals surface area contributed by atoms with Crippen molar-refractivity contribution in [1.29, 1.82) is 0 Å². The van der Waals surface area contributed by atoms with Gasteiger partial charge in [-0.05, 0) is 12.8 Å². The molecule has 2 amide bonds. The Morgan fingerprint density at radius 2 is 1.67 bits per heavy atom. The fourth-order valence-electron chi connectivity index (χ4n) is 1.83. The van der Waals surface area contributed by atoms with Gasteiger partial charge in [-0.1, -0.05) is 12.8 Å². The summed E-state index contributed by atoms with van der Waals surface area (Å²) < 4.78 is 0. The van der Waals surface area contributed by atoms with Crippen LogP contribution in [0.15, 0.2) is 0 Å². The van der Waals surface area contributed by atoms with E-state index in [-0.39, 0.29) is 12.3 Å². The molecule has 5 nitrogen and oxygen atoms in total. The average molecular weight is 213 g/mol. The summed E-state index contributed by atoms with van der Waals surface area (Å²) in [5.41, 5.74) is 10.6. The van der Waals surface area contributed by atoms with Crippen molar-refractivity contribution >= 4 is 11.8 Å². The Hall–Kier alpha value is -1.10. The molecular weight excluding hydrogens is 194 g/mol. The molecule has 0 aromatic heterocycles. The standard InChI is InChI=1S/C10H19N3O2/c11-8(7-9(12)14)10(15)13-5-3-1-2-4-6-13/h8H,1-7,11H2,(H2,12,14). The van der Waals surface area contributed by atoms with Crippen LogP contribution in [0, 0.1) is 0 Å². The molecular formula is C10H19N3O2. The molecule has 0 aliphatic carbocycles. The predicted molar refractivity (Wildman–Crippen MR) is 56.8 cm³/mol. The Balaban J connectivity index is 2.46. The van der Waals surface area contributed by atoms with Gasteiger partial charge in [-0.2, -0.15) is 0 Å². The summed E-state index contributed by atoms with van der Waals surface area (Å²) in [5, 5.41) is 0. The summed E-state index contributed by atoms with van der Waals surface area (Å²) in [6.07, 6.45) is 4.31. The molecule has 1 fully saturated rings. The van der Waals surface area contributed by atoms with Crippen LogP contribution in [0.4, 0.5) is 0 Å². The number of carbonyl (C=O) groups excluding carboxylic acids is 2. The summed E-state index contributed by atoms with van der Waals surface area (Å²) in [5.74, 6) is -0.665. The molecule has 0 spiro atoms. The molecule has 1 aliphatic rings. The van der Waals surface area contributed by atoms with Gasteiger partial charge in [0.15, 0.2) is 0 Å². The molecule has 1 heterocycles. The first kappa shape index (κ1) is 12.0. The molecule has 4 N–H and O–H groups in total. The maximum atomic E-state index is 11.8. The zero-order valence-electron chi connectivity index (χ0n) is 8.95. The number of rotatable bonds is 3. The lowest BCUT2D eigenvalue weighted by Crippen LogP contribution is -2.45. The topological polar surface area (TPSA) is 89.4 Å². The molecule has 15 heavy (non-hydrogen) atoms. The number of nitrogens with two attached hydrogens (primary N) is 2. The first-order valence-electron chi connectivity index (χ1n) is 5.44. The van der Waals surface area contributed by atoms with Crippen LogP contribution in [0.3, 0.4) is 0 Å². The maximum absolute atomic E-state index is 11.8. The average Bonchev–Trinajstić information content (AvgIpc) is 2.43. The van der Waals surface area contributed by atoms with Crippen LogP contribution in [-0.2, 0) is 9.59 Å². The van der Waals surface area contributed by atoms with E-state index in [1.54, 1.807) is 4.90 Å². The third-order valence-electron chi connectivity index (χ3n) is 2.66. The first-order valence-corrected chi connectivity index (χ1v) is 5.44. The number of amides is 2. The zero-order valence-corrected chi connectivity index (χ0v) is 8.95. The van der Waals surface area contributed by atoms with Crippen LogP contribution in [0.25, 0.3) is 0 Å². The van der Waals surface area contributed by atoms with Crippen molar-refractivity contribution in [3.8, 4) is 0 Å². The SMILES string of the molecule is NC(=O)CC(N)C(=O)N1CCCCCC1. The number of carbonyl (C=O) groups is 2. The minimum absolute atomic E-state index is 0.0602. The number of primary amides is 1. The molecule has 0 saturated carbocycles. The normalized spacial score (nSPS) is 19.4. The van der Waals surface area contributed by atoms with Gasteiger partial charge in [0.2, 0.25) is 11.8 Å². The fourth-order valence-corrected chi connectivity index (χ4v) is 1.83. The summed E-state index contributed by atoms with van der Waals surface area (Å²) in [4.78, 5) is 24.2. The quantitative estimate of drug-likeness (QED) is 0.668. The molecule has 0 aromatic rings. The van der Waals surface area contributed by atoms with Crippen molar-refractivity contribution < 1.29 is 9.59 Å². The molecule has 86 valence electrons. The zero-order chi connectivity index (χ0) is 11.3. The Kier molecular flexibility index (Phi) is 4.55. The van der Waals surface area contributed by atoms with Crippen LogP contribution < -0.4 is 11.5 Å². The first-order chi connectivity index (χ1) is 7.11. The van der Waals surface area contributed by atoms with Crippen LogP contribution in [-0.4, -0.2) is 35.8 Å². The highest BCUT2D eigenvalue weighted by atomic mass is 16.2. The van der Waals surface area contributed by atoms with Gasteiger partial charge in [-0.25, -0.2) is 0 Å². The third kappa shape index (κ3) is 3.87. The molecule has 0 aromatic carbocycles. The van der Waals surface area contributed by atoms with E-state index in [9.17, 15) is 9.59 Å². The van der Waals surface area contributed by atoms with E-state index in [1.807, 2.05) is 0 Å². The number of likely N-dealkylation sites (tertiary alicyclic amines) is 1. The van der Waals surface area contributed by atoms with Gasteiger partial charge >= 0.3 is 0 Å². The van der Waals surface area contributed by atoms with E-state index in [0.717, 1.165) is 38.8 Å². The lowest BCUT2D eigenvalue weighted by molar-refractivity contribution is -0.134. The second-order valence-corrected chi connectivity index (χ2v) is 4.02. The number of hydrogen-bond donors (Lipinski definition) is 2. The molecule has 1 atom stereocenters. The van der Waals surface area contributed by atoms with Crippen molar-refractivity contribution in [2.45, 2.75) is 38.1 Å². The summed E-state index contributed by atoms with van der Waals surface area (Å²) in [6.45, 7) is 1.51. The van der Waals surface area contributed by atoms with Gasteiger partial charge in [0.1, 0.15) is 0 Å². The van der Waals surface area contributed by atoms with Crippen LogP contribution in [0.2, 0.25) is 0 Å². The number of hydrogen-bond acceptors (Lipinski definition) is 3. The van der Waals surface area contributed by atoms with Crippen molar-refractivity contribution in [1.82, 2.24) is 4.90 Å². The van der Waals surface area contributed by atoms with Crippen molar-refractivity contribution in [3.63, 3.8) is 0 Å². The minimum atomic E-state index is -0.763. The Morgan fingerprint density at radius 1 is 1.13 bits per heavy atom. The lowest BCUT2D eigenvalue weighted by atomic mass is 10.2. The molecule has 1 saturated heterocycles. The maximum Gasteiger partial charge on any atom is 0.240 e. The highest BCUT2D eigenvalue weighted by Crippen LogP contribution is 2.10. The largest absolute Gasteiger partial charge is 0.370 e. The van der Waals surface area contributed by atoms with E-state index in [0.29, 0.717) is 0 Å². The van der Waals surface area contributed by atoms with E-state index in [1.165, 1.54) is 0 Å². The van der Waals surface area contributed by atoms with Crippen molar-refractivity contribution in [2.75, 3.05) is 13.1 Å².